The molecule has 0 saturated heterocycles. The summed E-state index contributed by atoms with van der Waals surface area (Å²) in [4.78, 5) is 37.5. The monoisotopic (exact) mass is 393 g/mol. The van der Waals surface area contributed by atoms with Crippen molar-refractivity contribution in [3.05, 3.63) is 31.6 Å². The molecule has 157 valence electrons. The number of esters is 1. The highest BCUT2D eigenvalue weighted by atomic mass is 16.6. The summed E-state index contributed by atoms with van der Waals surface area (Å²) in [6, 6.07) is -1.79. The second-order valence-corrected chi connectivity index (χ2v) is 8.73. The van der Waals surface area contributed by atoms with Gasteiger partial charge in [0.05, 0.1) is 7.11 Å². The molecule has 0 heterocycles. The number of nitrogens with one attached hydrogen (secondary N) is 2. The van der Waals surface area contributed by atoms with Gasteiger partial charge in [0.15, 0.2) is 0 Å². The Balaban J connectivity index is 2.96. The fourth-order valence-electron chi connectivity index (χ4n) is 2.82. The van der Waals surface area contributed by atoms with Gasteiger partial charge in [-0.3, -0.25) is 4.79 Å². The smallest absolute Gasteiger partial charge is 0.408 e. The summed E-state index contributed by atoms with van der Waals surface area (Å²) in [6.45, 7) is 12.5. The lowest BCUT2D eigenvalue weighted by Gasteiger charge is -2.38. The summed E-state index contributed by atoms with van der Waals surface area (Å²) in [6.07, 6.45) is 6.83. The average molecular weight is 394 g/mol. The number of carbonyl (C=O) groups excluding carboxylic acids is 3. The lowest BCUT2D eigenvalue weighted by molar-refractivity contribution is -0.148. The van der Waals surface area contributed by atoms with Crippen molar-refractivity contribution in [1.82, 2.24) is 10.6 Å². The second-order valence-electron chi connectivity index (χ2n) is 8.73. The molecule has 1 saturated carbocycles. The summed E-state index contributed by atoms with van der Waals surface area (Å²) < 4.78 is 10.2. The quantitative estimate of drug-likeness (QED) is 0.649. The molecule has 0 aliphatic heterocycles. The van der Waals surface area contributed by atoms with Crippen LogP contribution in [0.4, 0.5) is 4.79 Å². The number of carbonyl (C=O) groups is 3. The van der Waals surface area contributed by atoms with Gasteiger partial charge in [-0.2, -0.15) is 0 Å². The Labute approximate surface area is 169 Å². The molecule has 7 heteroatoms. The van der Waals surface area contributed by atoms with Gasteiger partial charge >= 0.3 is 12.1 Å². The molecule has 7 nitrogen and oxygen atoms in total. The van der Waals surface area contributed by atoms with E-state index in [0.29, 0.717) is 0 Å². The van der Waals surface area contributed by atoms with Gasteiger partial charge in [-0.05, 0) is 58.3 Å². The molecule has 0 spiro atoms. The number of amides is 2. The molecular formula is C21H33N2O5. The minimum Gasteiger partial charge on any atom is -0.467 e. The Morgan fingerprint density at radius 2 is 1.50 bits per heavy atom. The zero-order valence-electron chi connectivity index (χ0n) is 18.1. The number of methoxy groups -OCH3 is 1. The van der Waals surface area contributed by atoms with Gasteiger partial charge in [0, 0.05) is 5.41 Å². The van der Waals surface area contributed by atoms with Crippen LogP contribution in [0.15, 0.2) is 0 Å². The van der Waals surface area contributed by atoms with Crippen molar-refractivity contribution in [2.45, 2.75) is 66.2 Å². The predicted octanol–water partition coefficient (Wildman–Crippen LogP) is 2.62. The molecule has 0 bridgehead atoms. The van der Waals surface area contributed by atoms with Crippen molar-refractivity contribution >= 4 is 18.0 Å². The third-order valence-corrected chi connectivity index (χ3v) is 4.47. The standard InChI is InChI=1S/C21H33N2O5/c1-13(2)15(22-19(26)28-20(3,4)5)17(24)23-16(18(25)27-8)21(6,7)14-11-9-10-12-14/h9-13,15-16H,1-8H3,(H,22,26)(H,23,24)/t15-,16-/m0/s1. The normalized spacial score (nSPS) is 17.8. The van der Waals surface area contributed by atoms with Crippen LogP contribution < -0.4 is 10.6 Å². The van der Waals surface area contributed by atoms with Gasteiger partial charge in [0.25, 0.3) is 0 Å². The Kier molecular flexibility index (Phi) is 8.32. The second kappa shape index (κ2) is 9.61. The first kappa shape index (κ1) is 24.2. The minimum absolute atomic E-state index is 0.215. The first-order valence-electron chi connectivity index (χ1n) is 9.39. The van der Waals surface area contributed by atoms with Crippen LogP contribution in [0.3, 0.4) is 0 Å². The van der Waals surface area contributed by atoms with Crippen molar-refractivity contribution in [2.24, 2.45) is 11.3 Å². The maximum absolute atomic E-state index is 12.9. The molecule has 5 radical (unpaired) electrons. The largest absolute Gasteiger partial charge is 0.467 e. The third-order valence-electron chi connectivity index (χ3n) is 4.47. The van der Waals surface area contributed by atoms with Crippen LogP contribution in [-0.2, 0) is 19.1 Å². The highest BCUT2D eigenvalue weighted by molar-refractivity contribution is 5.90. The van der Waals surface area contributed by atoms with Gasteiger partial charge in [-0.25, -0.2) is 9.59 Å². The van der Waals surface area contributed by atoms with Gasteiger partial charge < -0.3 is 20.1 Å². The molecule has 2 atom stereocenters. The van der Waals surface area contributed by atoms with Crippen LogP contribution in [0, 0.1) is 42.9 Å². The molecule has 0 aromatic heterocycles. The SMILES string of the molecule is COC(=O)[C@H](NC(=O)[C@@H](NC(=O)OC(C)(C)C)C(C)C)C(C)(C)[C]1[CH][CH][CH][CH]1. The lowest BCUT2D eigenvalue weighted by Crippen LogP contribution is -2.59. The molecular weight excluding hydrogens is 360 g/mol. The van der Waals surface area contributed by atoms with Crippen molar-refractivity contribution in [3.63, 3.8) is 0 Å². The predicted molar refractivity (Wildman–Crippen MR) is 106 cm³/mol. The highest BCUT2D eigenvalue weighted by Crippen LogP contribution is 2.42. The molecule has 0 aromatic rings. The van der Waals surface area contributed by atoms with Crippen LogP contribution >= 0.6 is 0 Å². The molecule has 1 aliphatic carbocycles. The number of hydrogen-bond acceptors (Lipinski definition) is 5. The molecule has 28 heavy (non-hydrogen) atoms. The van der Waals surface area contributed by atoms with E-state index in [-0.39, 0.29) is 5.92 Å². The number of hydrogen-bond donors (Lipinski definition) is 2. The van der Waals surface area contributed by atoms with E-state index < -0.39 is 41.1 Å². The summed E-state index contributed by atoms with van der Waals surface area (Å²) in [5.74, 6) is -0.354. The van der Waals surface area contributed by atoms with E-state index in [9.17, 15) is 14.4 Å². The summed E-state index contributed by atoms with van der Waals surface area (Å²) >= 11 is 0. The van der Waals surface area contributed by atoms with E-state index in [4.69, 9.17) is 9.47 Å². The highest BCUT2D eigenvalue weighted by Gasteiger charge is 2.45. The number of alkyl carbamates (subject to hydrolysis) is 1. The molecule has 1 aliphatic rings. The van der Waals surface area contributed by atoms with E-state index in [1.165, 1.54) is 7.11 Å². The molecule has 1 fully saturated rings. The van der Waals surface area contributed by atoms with Crippen LogP contribution in [0.5, 0.6) is 0 Å². The topological polar surface area (TPSA) is 93.7 Å². The fraction of sp³-hybridized carbons (Fsp3) is 0.619. The Bertz CT molecular complexity index is 560. The van der Waals surface area contributed by atoms with Crippen LogP contribution in [0.2, 0.25) is 0 Å². The van der Waals surface area contributed by atoms with Crippen molar-refractivity contribution in [3.8, 4) is 0 Å². The lowest BCUT2D eigenvalue weighted by atomic mass is 9.72. The number of rotatable bonds is 7. The van der Waals surface area contributed by atoms with E-state index in [1.807, 2.05) is 39.5 Å². The molecule has 2 amide bonds. The van der Waals surface area contributed by atoms with Crippen LogP contribution in [0.25, 0.3) is 0 Å². The first-order chi connectivity index (χ1) is 12.8. The molecule has 0 unspecified atom stereocenters. The van der Waals surface area contributed by atoms with E-state index in [1.54, 1.807) is 34.6 Å². The summed E-state index contributed by atoms with van der Waals surface area (Å²) in [7, 11) is 1.28. The van der Waals surface area contributed by atoms with Crippen LogP contribution in [0.1, 0.15) is 48.5 Å². The maximum Gasteiger partial charge on any atom is 0.408 e. The van der Waals surface area contributed by atoms with E-state index in [0.717, 1.165) is 5.92 Å². The van der Waals surface area contributed by atoms with E-state index in [2.05, 4.69) is 10.6 Å². The Hall–Kier alpha value is -1.79. The van der Waals surface area contributed by atoms with Gasteiger partial charge in [-0.1, -0.05) is 27.7 Å². The molecule has 2 N–H and O–H groups in total. The molecule has 1 rings (SSSR count). The summed E-state index contributed by atoms with van der Waals surface area (Å²) in [5.41, 5.74) is -1.39. The third kappa shape index (κ3) is 6.67. The fourth-order valence-corrected chi connectivity index (χ4v) is 2.82. The van der Waals surface area contributed by atoms with Crippen LogP contribution in [-0.4, -0.2) is 42.8 Å². The average Bonchev–Trinajstić information content (AvgIpc) is 3.10. The Morgan fingerprint density at radius 1 is 0.964 bits per heavy atom. The van der Waals surface area contributed by atoms with Gasteiger partial charge in [0.2, 0.25) is 5.91 Å². The zero-order chi connectivity index (χ0) is 21.7. The van der Waals surface area contributed by atoms with Crippen molar-refractivity contribution in [1.29, 1.82) is 0 Å². The minimum atomic E-state index is -0.922. The maximum atomic E-state index is 12.9. The molecule has 0 aromatic carbocycles. The Morgan fingerprint density at radius 3 is 1.93 bits per heavy atom. The number of ether oxygens (including phenoxy) is 2. The van der Waals surface area contributed by atoms with Crippen molar-refractivity contribution < 1.29 is 23.9 Å². The van der Waals surface area contributed by atoms with Crippen molar-refractivity contribution in [2.75, 3.05) is 7.11 Å². The van der Waals surface area contributed by atoms with Gasteiger partial charge in [-0.15, -0.1) is 0 Å². The summed E-state index contributed by atoms with van der Waals surface area (Å²) in [5, 5.41) is 5.36. The zero-order valence-corrected chi connectivity index (χ0v) is 18.1. The van der Waals surface area contributed by atoms with E-state index >= 15 is 0 Å². The van der Waals surface area contributed by atoms with Gasteiger partial charge in [0.1, 0.15) is 17.7 Å². The first-order valence-corrected chi connectivity index (χ1v) is 9.39.